The first-order valence-electron chi connectivity index (χ1n) is 8.03. The van der Waals surface area contributed by atoms with Crippen molar-refractivity contribution in [3.8, 4) is 6.01 Å². The molecule has 0 aliphatic heterocycles. The summed E-state index contributed by atoms with van der Waals surface area (Å²) in [5, 5.41) is 5.94. The van der Waals surface area contributed by atoms with Gasteiger partial charge in [-0.25, -0.2) is 0 Å². The van der Waals surface area contributed by atoms with Crippen LogP contribution in [0.25, 0.3) is 16.7 Å². The molecular weight excluding hydrogens is 375 g/mol. The topological polar surface area (TPSA) is 61.4 Å². The molecule has 4 rings (SSSR count). The zero-order valence-corrected chi connectivity index (χ0v) is 15.3. The van der Waals surface area contributed by atoms with Crippen LogP contribution in [0.2, 0.25) is 10.0 Å². The van der Waals surface area contributed by atoms with Crippen molar-refractivity contribution in [2.75, 3.05) is 6.61 Å². The SMILES string of the molecule is CCOc1nc2n(Cc3ccc(Cl)cc3Cl)c(=O)c3ccccc3n2n1. The molecule has 4 aromatic rings. The number of benzene rings is 2. The van der Waals surface area contributed by atoms with Gasteiger partial charge in [0.25, 0.3) is 5.56 Å². The van der Waals surface area contributed by atoms with Crippen molar-refractivity contribution in [3.05, 3.63) is 68.4 Å². The van der Waals surface area contributed by atoms with Crippen LogP contribution in [-0.4, -0.2) is 25.8 Å². The highest BCUT2D eigenvalue weighted by atomic mass is 35.5. The number of rotatable bonds is 4. The van der Waals surface area contributed by atoms with Crippen LogP contribution in [0.3, 0.4) is 0 Å². The van der Waals surface area contributed by atoms with Gasteiger partial charge in [0.15, 0.2) is 0 Å². The van der Waals surface area contributed by atoms with E-state index in [1.807, 2.05) is 25.1 Å². The maximum Gasteiger partial charge on any atom is 0.337 e. The first-order chi connectivity index (χ1) is 12.6. The number of hydrogen-bond donors (Lipinski definition) is 0. The second-order valence-corrected chi connectivity index (χ2v) is 6.53. The minimum absolute atomic E-state index is 0.172. The molecule has 0 amide bonds. The number of para-hydroxylation sites is 1. The first kappa shape index (κ1) is 16.9. The summed E-state index contributed by atoms with van der Waals surface area (Å²) in [6, 6.07) is 12.7. The highest BCUT2D eigenvalue weighted by Gasteiger charge is 2.16. The molecule has 2 aromatic heterocycles. The summed E-state index contributed by atoms with van der Waals surface area (Å²) in [6.45, 7) is 2.53. The van der Waals surface area contributed by atoms with Crippen molar-refractivity contribution in [1.82, 2.24) is 19.2 Å². The largest absolute Gasteiger partial charge is 0.463 e. The third-order valence-corrected chi connectivity index (χ3v) is 4.62. The van der Waals surface area contributed by atoms with Gasteiger partial charge < -0.3 is 4.74 Å². The van der Waals surface area contributed by atoms with E-state index in [1.165, 1.54) is 4.57 Å². The summed E-state index contributed by atoms with van der Waals surface area (Å²) in [5.74, 6) is 0.392. The summed E-state index contributed by atoms with van der Waals surface area (Å²) in [4.78, 5) is 17.4. The molecule has 2 aromatic carbocycles. The number of aromatic nitrogens is 4. The van der Waals surface area contributed by atoms with Gasteiger partial charge >= 0.3 is 6.01 Å². The second-order valence-electron chi connectivity index (χ2n) is 5.68. The Balaban J connectivity index is 1.99. The number of nitrogens with zero attached hydrogens (tertiary/aromatic N) is 4. The lowest BCUT2D eigenvalue weighted by Crippen LogP contribution is -2.24. The monoisotopic (exact) mass is 388 g/mol. The smallest absolute Gasteiger partial charge is 0.337 e. The van der Waals surface area contributed by atoms with E-state index < -0.39 is 0 Å². The molecule has 26 heavy (non-hydrogen) atoms. The molecule has 0 saturated heterocycles. The number of fused-ring (bicyclic) bond motifs is 3. The fourth-order valence-corrected chi connectivity index (χ4v) is 3.32. The minimum Gasteiger partial charge on any atom is -0.463 e. The highest BCUT2D eigenvalue weighted by molar-refractivity contribution is 6.35. The van der Waals surface area contributed by atoms with Crippen LogP contribution in [0.1, 0.15) is 12.5 Å². The predicted molar refractivity (Wildman–Crippen MR) is 101 cm³/mol. The Morgan fingerprint density at radius 2 is 1.96 bits per heavy atom. The van der Waals surface area contributed by atoms with Crippen LogP contribution in [0, 0.1) is 0 Å². The summed E-state index contributed by atoms with van der Waals surface area (Å²) in [6.07, 6.45) is 0. The molecule has 0 bridgehead atoms. The molecule has 6 nitrogen and oxygen atoms in total. The van der Waals surface area contributed by atoms with Crippen LogP contribution in [0.15, 0.2) is 47.3 Å². The standard InChI is InChI=1S/C18H14Cl2N4O2/c1-2-26-17-21-18-23(10-11-7-8-12(19)9-14(11)20)16(25)13-5-3-4-6-15(13)24(18)22-17/h3-9H,2,10H2,1H3. The fourth-order valence-electron chi connectivity index (χ4n) is 2.85. The third-order valence-electron chi connectivity index (χ3n) is 4.04. The fraction of sp³-hybridized carbons (Fsp3) is 0.167. The van der Waals surface area contributed by atoms with Gasteiger partial charge in [-0.05, 0) is 36.8 Å². The molecular formula is C18H14Cl2N4O2. The molecule has 0 fully saturated rings. The van der Waals surface area contributed by atoms with E-state index in [2.05, 4.69) is 10.1 Å². The molecule has 0 spiro atoms. The van der Waals surface area contributed by atoms with Crippen molar-refractivity contribution in [2.24, 2.45) is 0 Å². The Bertz CT molecular complexity index is 1180. The Labute approximate surface area is 158 Å². The van der Waals surface area contributed by atoms with E-state index in [-0.39, 0.29) is 18.1 Å². The summed E-state index contributed by atoms with van der Waals surface area (Å²) >= 11 is 12.3. The number of halogens is 2. The molecule has 0 unspecified atom stereocenters. The van der Waals surface area contributed by atoms with Crippen LogP contribution < -0.4 is 10.3 Å². The van der Waals surface area contributed by atoms with Gasteiger partial charge in [0, 0.05) is 10.0 Å². The van der Waals surface area contributed by atoms with Crippen molar-refractivity contribution in [3.63, 3.8) is 0 Å². The summed E-state index contributed by atoms with van der Waals surface area (Å²) in [7, 11) is 0. The lowest BCUT2D eigenvalue weighted by Gasteiger charge is -2.11. The molecule has 2 heterocycles. The zero-order valence-electron chi connectivity index (χ0n) is 13.8. The van der Waals surface area contributed by atoms with Gasteiger partial charge in [-0.2, -0.15) is 9.50 Å². The Morgan fingerprint density at radius 1 is 1.15 bits per heavy atom. The molecule has 0 aliphatic carbocycles. The van der Waals surface area contributed by atoms with E-state index in [0.29, 0.717) is 33.3 Å². The van der Waals surface area contributed by atoms with Crippen LogP contribution in [0.4, 0.5) is 0 Å². The summed E-state index contributed by atoms with van der Waals surface area (Å²) in [5.41, 5.74) is 1.26. The van der Waals surface area contributed by atoms with E-state index >= 15 is 0 Å². The van der Waals surface area contributed by atoms with Gasteiger partial charge in [0.2, 0.25) is 5.78 Å². The lowest BCUT2D eigenvalue weighted by molar-refractivity contribution is 0.313. The Kier molecular flexibility index (Phi) is 4.30. The van der Waals surface area contributed by atoms with Crippen molar-refractivity contribution in [2.45, 2.75) is 13.5 Å². The number of ether oxygens (including phenoxy) is 1. The van der Waals surface area contributed by atoms with E-state index in [1.54, 1.807) is 28.8 Å². The second kappa shape index (κ2) is 6.63. The average molecular weight is 389 g/mol. The quantitative estimate of drug-likeness (QED) is 0.533. The minimum atomic E-state index is -0.172. The van der Waals surface area contributed by atoms with Gasteiger partial charge in [0.05, 0.1) is 24.1 Å². The van der Waals surface area contributed by atoms with Crippen molar-refractivity contribution < 1.29 is 4.74 Å². The third kappa shape index (κ3) is 2.81. The summed E-state index contributed by atoms with van der Waals surface area (Å²) < 4.78 is 8.57. The van der Waals surface area contributed by atoms with Crippen molar-refractivity contribution >= 4 is 39.9 Å². The van der Waals surface area contributed by atoms with Gasteiger partial charge in [-0.1, -0.05) is 41.4 Å². The molecule has 132 valence electrons. The first-order valence-corrected chi connectivity index (χ1v) is 8.79. The van der Waals surface area contributed by atoms with Crippen LogP contribution in [-0.2, 0) is 6.54 Å². The maximum absolute atomic E-state index is 13.1. The molecule has 0 aliphatic rings. The van der Waals surface area contributed by atoms with E-state index in [0.717, 1.165) is 5.56 Å². The highest BCUT2D eigenvalue weighted by Crippen LogP contribution is 2.23. The van der Waals surface area contributed by atoms with Crippen molar-refractivity contribution in [1.29, 1.82) is 0 Å². The molecule has 8 heteroatoms. The van der Waals surface area contributed by atoms with Crippen LogP contribution in [0.5, 0.6) is 6.01 Å². The van der Waals surface area contributed by atoms with E-state index in [4.69, 9.17) is 27.9 Å². The predicted octanol–water partition coefficient (Wildman–Crippen LogP) is 3.80. The molecule has 0 N–H and O–H groups in total. The van der Waals surface area contributed by atoms with E-state index in [9.17, 15) is 4.79 Å². The normalized spacial score (nSPS) is 11.3. The maximum atomic E-state index is 13.1. The van der Waals surface area contributed by atoms with Gasteiger partial charge in [0.1, 0.15) is 0 Å². The Hall–Kier alpha value is -2.57. The Morgan fingerprint density at radius 3 is 2.73 bits per heavy atom. The van der Waals surface area contributed by atoms with Crippen LogP contribution >= 0.6 is 23.2 Å². The molecule has 0 saturated carbocycles. The molecule has 0 radical (unpaired) electrons. The lowest BCUT2D eigenvalue weighted by atomic mass is 10.2. The van der Waals surface area contributed by atoms with Gasteiger partial charge in [-0.15, -0.1) is 5.10 Å². The molecule has 0 atom stereocenters. The zero-order chi connectivity index (χ0) is 18.3. The number of hydrogen-bond acceptors (Lipinski definition) is 4. The average Bonchev–Trinajstić information content (AvgIpc) is 3.04. The van der Waals surface area contributed by atoms with Gasteiger partial charge in [-0.3, -0.25) is 9.36 Å².